The topological polar surface area (TPSA) is 111 Å². The minimum absolute atomic E-state index is 0.0558. The Kier molecular flexibility index (Phi) is 11.2. The lowest BCUT2D eigenvalue weighted by atomic mass is 9.75. The molecular formula is C39H56ClN7O3. The molecular weight excluding hydrogens is 650 g/mol. The molecule has 50 heavy (non-hydrogen) atoms. The third kappa shape index (κ3) is 9.18. The number of hydrazone groups is 1. The summed E-state index contributed by atoms with van der Waals surface area (Å²) in [6.07, 6.45) is 5.24. The number of amidine groups is 1. The van der Waals surface area contributed by atoms with Crippen molar-refractivity contribution in [3.8, 4) is 5.75 Å². The molecule has 5 rings (SSSR count). The molecule has 10 nitrogen and oxygen atoms in total. The van der Waals surface area contributed by atoms with Crippen LogP contribution >= 0.6 is 11.6 Å². The molecule has 11 heteroatoms. The number of carbonyl (C=O) groups is 2. The molecule has 1 fully saturated rings. The lowest BCUT2D eigenvalue weighted by molar-refractivity contribution is -0.134. The summed E-state index contributed by atoms with van der Waals surface area (Å²) in [5.74, 6) is 1.73. The van der Waals surface area contributed by atoms with Crippen molar-refractivity contribution in [2.75, 3.05) is 20.2 Å². The van der Waals surface area contributed by atoms with Crippen molar-refractivity contribution in [2.24, 2.45) is 32.8 Å². The molecule has 0 radical (unpaired) electrons. The van der Waals surface area contributed by atoms with E-state index in [1.54, 1.807) is 12.2 Å². The molecule has 2 aromatic rings. The van der Waals surface area contributed by atoms with E-state index in [-0.39, 0.29) is 35.2 Å². The van der Waals surface area contributed by atoms with Crippen molar-refractivity contribution >= 4 is 35.0 Å². The summed E-state index contributed by atoms with van der Waals surface area (Å²) in [6.45, 7) is 18.6. The van der Waals surface area contributed by atoms with E-state index in [4.69, 9.17) is 21.3 Å². The minimum atomic E-state index is -0.675. The Hall–Kier alpha value is -3.63. The van der Waals surface area contributed by atoms with E-state index in [1.165, 1.54) is 0 Å². The zero-order valence-electron chi connectivity index (χ0n) is 31.3. The monoisotopic (exact) mass is 705 g/mol. The van der Waals surface area contributed by atoms with Gasteiger partial charge in [-0.2, -0.15) is 0 Å². The number of halogens is 1. The largest absolute Gasteiger partial charge is 0.492 e. The summed E-state index contributed by atoms with van der Waals surface area (Å²) in [5.41, 5.74) is 8.01. The maximum Gasteiger partial charge on any atom is 0.275 e. The van der Waals surface area contributed by atoms with Gasteiger partial charge in [-0.3, -0.25) is 20.0 Å². The Morgan fingerprint density at radius 2 is 1.70 bits per heavy atom. The van der Waals surface area contributed by atoms with Crippen molar-refractivity contribution in [1.82, 2.24) is 26.3 Å². The van der Waals surface area contributed by atoms with Crippen LogP contribution in [0.1, 0.15) is 121 Å². The summed E-state index contributed by atoms with van der Waals surface area (Å²) in [5, 5.41) is 9.18. The lowest BCUT2D eigenvalue weighted by Gasteiger charge is -2.47. The highest BCUT2D eigenvalue weighted by Gasteiger charge is 2.53. The fourth-order valence-corrected chi connectivity index (χ4v) is 7.57. The van der Waals surface area contributed by atoms with Crippen LogP contribution < -0.4 is 21.0 Å². The maximum atomic E-state index is 14.9. The predicted octanol–water partition coefficient (Wildman–Crippen LogP) is 7.50. The number of hydrazine groups is 2. The number of hydrogen-bond acceptors (Lipinski definition) is 8. The molecule has 0 bridgehead atoms. The smallest absolute Gasteiger partial charge is 0.275 e. The van der Waals surface area contributed by atoms with Gasteiger partial charge in [0, 0.05) is 18.2 Å². The second-order valence-corrected chi connectivity index (χ2v) is 17.4. The Labute approximate surface area is 303 Å². The molecule has 3 N–H and O–H groups in total. The van der Waals surface area contributed by atoms with Crippen molar-refractivity contribution in [3.63, 3.8) is 0 Å². The number of ether oxygens (including phenoxy) is 1. The Balaban J connectivity index is 1.48. The maximum absolute atomic E-state index is 14.9. The number of aliphatic imine (C=N–C) groups is 1. The van der Waals surface area contributed by atoms with E-state index < -0.39 is 5.66 Å². The summed E-state index contributed by atoms with van der Waals surface area (Å²) in [7, 11) is 1.79. The first kappa shape index (κ1) is 37.6. The number of hydrogen-bond donors (Lipinski definition) is 3. The number of amides is 2. The summed E-state index contributed by atoms with van der Waals surface area (Å²) < 4.78 is 6.16. The van der Waals surface area contributed by atoms with Gasteiger partial charge >= 0.3 is 0 Å². The van der Waals surface area contributed by atoms with Gasteiger partial charge in [-0.25, -0.2) is 5.53 Å². The van der Waals surface area contributed by atoms with Crippen molar-refractivity contribution in [1.29, 1.82) is 0 Å². The van der Waals surface area contributed by atoms with Crippen LogP contribution in [0, 0.1) is 22.7 Å². The normalized spacial score (nSPS) is 23.3. The minimum Gasteiger partial charge on any atom is -0.492 e. The summed E-state index contributed by atoms with van der Waals surface area (Å²) >= 11 is 6.60. The molecule has 1 saturated carbocycles. The standard InChI is InChI=1S/C39H56ClN7O3/c1-25-20-26(2)23-39(22-25)42-34(29-14-15-30(40)32(21-29)50-19-18-38(6,7)8)36(49)47(39)31(16-17-37(3,4)5)27-10-12-28(13-11-27)35(48)41-24-33-43-45-46(9)44-33/h10-15,21,25-26,31,45H,16-20,22-24H2,1-9H3,(H,41,48)(H,43,44). The number of nitrogens with one attached hydrogen (secondary N) is 3. The third-order valence-electron chi connectivity index (χ3n) is 9.74. The molecule has 2 aromatic carbocycles. The van der Waals surface area contributed by atoms with Gasteiger partial charge in [0.05, 0.1) is 24.2 Å². The third-order valence-corrected chi connectivity index (χ3v) is 10.1. The molecule has 2 amide bonds. The summed E-state index contributed by atoms with van der Waals surface area (Å²) in [4.78, 5) is 35.5. The Morgan fingerprint density at radius 1 is 1.04 bits per heavy atom. The molecule has 2 heterocycles. The van der Waals surface area contributed by atoms with Crippen LogP contribution in [0.25, 0.3) is 0 Å². The number of rotatable bonds is 11. The second kappa shape index (κ2) is 14.9. The quantitative estimate of drug-likeness (QED) is 0.223. The van der Waals surface area contributed by atoms with Gasteiger partial charge in [0.15, 0.2) is 5.84 Å². The average Bonchev–Trinajstić information content (AvgIpc) is 3.55. The highest BCUT2D eigenvalue weighted by Crippen LogP contribution is 2.49. The molecule has 2 aliphatic heterocycles. The molecule has 0 aromatic heterocycles. The van der Waals surface area contributed by atoms with Gasteiger partial charge in [-0.15, -0.1) is 10.2 Å². The first-order valence-corrected chi connectivity index (χ1v) is 18.4. The molecule has 3 aliphatic rings. The molecule has 3 unspecified atom stereocenters. The van der Waals surface area contributed by atoms with Gasteiger partial charge in [0.25, 0.3) is 11.8 Å². The van der Waals surface area contributed by atoms with E-state index in [0.29, 0.717) is 46.3 Å². The van der Waals surface area contributed by atoms with Gasteiger partial charge in [0.2, 0.25) is 0 Å². The van der Waals surface area contributed by atoms with Crippen LogP contribution in [-0.2, 0) is 4.79 Å². The SMILES string of the molecule is CC1CC(C)CC2(C1)N=C(c1ccc(Cl)c(OCCC(C)(C)C)c1)C(=O)N2C(CCC(C)(C)C)c1ccc(C(=O)NCC2=NNN(C)N2)cc1. The zero-order chi connectivity index (χ0) is 36.4. The van der Waals surface area contributed by atoms with Crippen molar-refractivity contribution in [3.05, 3.63) is 64.2 Å². The van der Waals surface area contributed by atoms with Crippen LogP contribution in [0.5, 0.6) is 5.75 Å². The van der Waals surface area contributed by atoms with Gasteiger partial charge in [0.1, 0.15) is 17.1 Å². The number of benzene rings is 2. The van der Waals surface area contributed by atoms with Crippen LogP contribution in [0.3, 0.4) is 0 Å². The molecule has 1 spiro atoms. The second-order valence-electron chi connectivity index (χ2n) is 17.0. The van der Waals surface area contributed by atoms with Gasteiger partial charge < -0.3 is 15.0 Å². The van der Waals surface area contributed by atoms with Crippen LogP contribution in [0.4, 0.5) is 0 Å². The summed E-state index contributed by atoms with van der Waals surface area (Å²) in [6, 6.07) is 13.1. The van der Waals surface area contributed by atoms with Crippen molar-refractivity contribution < 1.29 is 14.3 Å². The predicted molar refractivity (Wildman–Crippen MR) is 201 cm³/mol. The molecule has 272 valence electrons. The van der Waals surface area contributed by atoms with E-state index in [1.807, 2.05) is 42.5 Å². The van der Waals surface area contributed by atoms with E-state index in [9.17, 15) is 9.59 Å². The number of carbonyl (C=O) groups excluding carboxylic acids is 2. The highest BCUT2D eigenvalue weighted by atomic mass is 35.5. The Bertz CT molecular complexity index is 1600. The van der Waals surface area contributed by atoms with Crippen LogP contribution in [0.15, 0.2) is 52.6 Å². The zero-order valence-corrected chi connectivity index (χ0v) is 32.1. The fraction of sp³-hybridized carbons (Fsp3) is 0.590. The van der Waals surface area contributed by atoms with Gasteiger partial charge in [-0.05, 0) is 91.0 Å². The molecule has 1 aliphatic carbocycles. The van der Waals surface area contributed by atoms with Crippen LogP contribution in [0.2, 0.25) is 5.02 Å². The van der Waals surface area contributed by atoms with E-state index >= 15 is 0 Å². The Morgan fingerprint density at radius 3 is 2.30 bits per heavy atom. The molecule has 3 atom stereocenters. The van der Waals surface area contributed by atoms with E-state index in [2.05, 4.69) is 81.7 Å². The first-order valence-electron chi connectivity index (χ1n) is 18.0. The average molecular weight is 706 g/mol. The fourth-order valence-electron chi connectivity index (χ4n) is 7.40. The highest BCUT2D eigenvalue weighted by molar-refractivity contribution is 6.47. The van der Waals surface area contributed by atoms with Crippen LogP contribution in [-0.4, -0.2) is 59.2 Å². The van der Waals surface area contributed by atoms with Crippen molar-refractivity contribution in [2.45, 2.75) is 106 Å². The van der Waals surface area contributed by atoms with Gasteiger partial charge in [-0.1, -0.05) is 85.2 Å². The number of nitrogens with zero attached hydrogens (tertiary/aromatic N) is 4. The van der Waals surface area contributed by atoms with E-state index in [0.717, 1.165) is 49.7 Å². The molecule has 0 saturated heterocycles. The lowest BCUT2D eigenvalue weighted by Crippen LogP contribution is -2.52. The first-order chi connectivity index (χ1) is 23.4.